The molecule has 0 atom stereocenters. The summed E-state index contributed by atoms with van der Waals surface area (Å²) in [5.74, 6) is -0.409. The van der Waals surface area contributed by atoms with Gasteiger partial charge in [-0.05, 0) is 30.3 Å². The molecule has 2 heterocycles. The van der Waals surface area contributed by atoms with E-state index < -0.39 is 28.3 Å². The molecule has 3 aromatic rings. The maximum Gasteiger partial charge on any atom is 0.417 e. The fourth-order valence-corrected chi connectivity index (χ4v) is 2.32. The number of aromatic nitrogens is 1. The van der Waals surface area contributed by atoms with E-state index in [1.165, 1.54) is 18.4 Å². The predicted molar refractivity (Wildman–Crippen MR) is 91.7 cm³/mol. The van der Waals surface area contributed by atoms with Crippen LogP contribution in [-0.2, 0) is 6.18 Å². The Hall–Kier alpha value is -3.58. The van der Waals surface area contributed by atoms with E-state index in [0.29, 0.717) is 11.8 Å². The number of hydrogen-bond donors (Lipinski definition) is 1. The number of ketones is 1. The first-order valence-electron chi connectivity index (χ1n) is 7.45. The summed E-state index contributed by atoms with van der Waals surface area (Å²) in [7, 11) is 0. The van der Waals surface area contributed by atoms with Crippen molar-refractivity contribution in [2.45, 2.75) is 6.18 Å². The van der Waals surface area contributed by atoms with Gasteiger partial charge < -0.3 is 8.94 Å². The van der Waals surface area contributed by atoms with Crippen LogP contribution in [0.2, 0.25) is 5.02 Å². The minimum absolute atomic E-state index is 0.117. The zero-order valence-electron chi connectivity index (χ0n) is 13.6. The fraction of sp³-hybridized carbons (Fsp3) is 0.0588. The van der Waals surface area contributed by atoms with Gasteiger partial charge in [0.15, 0.2) is 11.5 Å². The van der Waals surface area contributed by atoms with E-state index in [1.807, 2.05) is 0 Å². The molecule has 0 saturated heterocycles. The number of hydrogen-bond acceptors (Lipinski definition) is 7. The zero-order valence-corrected chi connectivity index (χ0v) is 14.4. The van der Waals surface area contributed by atoms with E-state index >= 15 is 0 Å². The van der Waals surface area contributed by atoms with E-state index in [4.69, 9.17) is 25.8 Å². The Bertz CT molecular complexity index is 1080. The lowest BCUT2D eigenvalue weighted by Crippen LogP contribution is -2.14. The number of rotatable bonds is 5. The van der Waals surface area contributed by atoms with Crippen LogP contribution in [0.5, 0.6) is 0 Å². The fourth-order valence-electron chi connectivity index (χ4n) is 2.10. The lowest BCUT2D eigenvalue weighted by Gasteiger charge is -2.10. The SMILES string of the molecule is N#CC(=NNc1ccc(Cl)c(C(F)(F)F)c1)C(=O)c1cc(-c2ccco2)on1. The van der Waals surface area contributed by atoms with Gasteiger partial charge in [0.1, 0.15) is 6.07 Å². The maximum absolute atomic E-state index is 12.9. The Kier molecular flexibility index (Phi) is 5.19. The number of benzene rings is 1. The third-order valence-electron chi connectivity index (χ3n) is 3.40. The molecular formula is C17H8ClF3N4O3. The Labute approximate surface area is 160 Å². The number of hydrazone groups is 1. The van der Waals surface area contributed by atoms with Gasteiger partial charge in [-0.25, -0.2) is 0 Å². The molecule has 7 nitrogen and oxygen atoms in total. The highest BCUT2D eigenvalue weighted by Gasteiger charge is 2.33. The highest BCUT2D eigenvalue weighted by atomic mass is 35.5. The van der Waals surface area contributed by atoms with E-state index in [-0.39, 0.29) is 17.1 Å². The molecule has 142 valence electrons. The van der Waals surface area contributed by atoms with Crippen molar-refractivity contribution in [2.24, 2.45) is 5.10 Å². The second-order valence-corrected chi connectivity index (χ2v) is 5.67. The Balaban J connectivity index is 1.81. The average molecular weight is 409 g/mol. The minimum atomic E-state index is -4.67. The third kappa shape index (κ3) is 4.05. The largest absolute Gasteiger partial charge is 0.461 e. The molecule has 0 amide bonds. The summed E-state index contributed by atoms with van der Waals surface area (Å²) >= 11 is 5.53. The van der Waals surface area contributed by atoms with Gasteiger partial charge >= 0.3 is 6.18 Å². The van der Waals surface area contributed by atoms with Crippen LogP contribution < -0.4 is 5.43 Å². The summed E-state index contributed by atoms with van der Waals surface area (Å²) in [4.78, 5) is 12.3. The van der Waals surface area contributed by atoms with Crippen molar-refractivity contribution in [3.8, 4) is 17.6 Å². The normalized spacial score (nSPS) is 11.9. The smallest absolute Gasteiger partial charge is 0.417 e. The van der Waals surface area contributed by atoms with Gasteiger partial charge in [0, 0.05) is 6.07 Å². The molecule has 0 aliphatic carbocycles. The van der Waals surface area contributed by atoms with Crippen LogP contribution in [0.15, 0.2) is 56.7 Å². The molecule has 0 radical (unpaired) electrons. The van der Waals surface area contributed by atoms with Gasteiger partial charge in [-0.1, -0.05) is 16.8 Å². The first-order valence-corrected chi connectivity index (χ1v) is 7.83. The number of Topliss-reactive ketones (excluding diaryl/α,β-unsaturated/α-hetero) is 1. The van der Waals surface area contributed by atoms with E-state index in [1.54, 1.807) is 18.2 Å². The van der Waals surface area contributed by atoms with Crippen LogP contribution in [0.3, 0.4) is 0 Å². The summed E-state index contributed by atoms with van der Waals surface area (Å²) < 4.78 is 48.7. The Morgan fingerprint density at radius 2 is 2.04 bits per heavy atom. The van der Waals surface area contributed by atoms with Gasteiger partial charge in [0.25, 0.3) is 0 Å². The lowest BCUT2D eigenvalue weighted by molar-refractivity contribution is -0.137. The van der Waals surface area contributed by atoms with Crippen molar-refractivity contribution in [1.82, 2.24) is 5.16 Å². The molecule has 0 spiro atoms. The molecule has 0 bridgehead atoms. The van der Waals surface area contributed by atoms with Crippen LogP contribution in [0.1, 0.15) is 16.1 Å². The molecule has 0 aliphatic heterocycles. The molecule has 2 aromatic heterocycles. The van der Waals surface area contributed by atoms with Crippen LogP contribution in [0, 0.1) is 11.3 Å². The molecule has 1 aromatic carbocycles. The van der Waals surface area contributed by atoms with Gasteiger partial charge in [-0.15, -0.1) is 0 Å². The summed E-state index contributed by atoms with van der Waals surface area (Å²) in [6.07, 6.45) is -3.28. The number of nitrogens with zero attached hydrogens (tertiary/aromatic N) is 3. The van der Waals surface area contributed by atoms with Crippen LogP contribution in [0.4, 0.5) is 18.9 Å². The number of carbonyl (C=O) groups is 1. The van der Waals surface area contributed by atoms with Crippen molar-refractivity contribution < 1.29 is 26.9 Å². The van der Waals surface area contributed by atoms with Crippen molar-refractivity contribution in [3.63, 3.8) is 0 Å². The molecule has 0 saturated carbocycles. The minimum Gasteiger partial charge on any atom is -0.461 e. The molecule has 0 unspecified atom stereocenters. The van der Waals surface area contributed by atoms with Gasteiger partial charge in [0.05, 0.1) is 22.5 Å². The number of nitriles is 1. The highest BCUT2D eigenvalue weighted by molar-refractivity contribution is 6.51. The zero-order chi connectivity index (χ0) is 20.3. The van der Waals surface area contributed by atoms with Crippen molar-refractivity contribution in [2.75, 3.05) is 5.43 Å². The Morgan fingerprint density at radius 1 is 1.25 bits per heavy atom. The number of nitrogens with one attached hydrogen (secondary N) is 1. The topological polar surface area (TPSA) is 104 Å². The monoisotopic (exact) mass is 408 g/mol. The molecule has 1 N–H and O–H groups in total. The molecule has 0 fully saturated rings. The summed E-state index contributed by atoms with van der Waals surface area (Å²) in [6, 6.07) is 8.92. The van der Waals surface area contributed by atoms with E-state index in [2.05, 4.69) is 15.7 Å². The van der Waals surface area contributed by atoms with Gasteiger partial charge in [-0.3, -0.25) is 10.2 Å². The molecule has 28 heavy (non-hydrogen) atoms. The number of carbonyl (C=O) groups excluding carboxylic acids is 1. The van der Waals surface area contributed by atoms with E-state index in [9.17, 15) is 18.0 Å². The Morgan fingerprint density at radius 3 is 2.68 bits per heavy atom. The molecule has 0 aliphatic rings. The first kappa shape index (κ1) is 19.2. The van der Waals surface area contributed by atoms with Crippen molar-refractivity contribution in [1.29, 1.82) is 5.26 Å². The number of anilines is 1. The summed E-state index contributed by atoms with van der Waals surface area (Å²) in [5, 5.41) is 15.7. The van der Waals surface area contributed by atoms with Gasteiger partial charge in [-0.2, -0.15) is 23.5 Å². The standard InChI is InChI=1S/C17H8ClF3N4O3/c18-11-4-3-9(6-10(11)17(19,20)21)23-24-13(8-22)16(26)12-7-15(28-25-12)14-2-1-5-27-14/h1-7,23H. The van der Waals surface area contributed by atoms with Crippen LogP contribution in [-0.4, -0.2) is 16.7 Å². The van der Waals surface area contributed by atoms with Gasteiger partial charge in [0.2, 0.25) is 17.3 Å². The molecule has 11 heteroatoms. The lowest BCUT2D eigenvalue weighted by atomic mass is 10.2. The second-order valence-electron chi connectivity index (χ2n) is 5.26. The number of furan rings is 1. The van der Waals surface area contributed by atoms with Crippen molar-refractivity contribution >= 4 is 28.8 Å². The maximum atomic E-state index is 12.9. The number of halogens is 4. The second kappa shape index (κ2) is 7.58. The molecule has 3 rings (SSSR count). The summed E-state index contributed by atoms with van der Waals surface area (Å²) in [5.41, 5.74) is 0.170. The molecular weight excluding hydrogens is 401 g/mol. The first-order chi connectivity index (χ1) is 13.3. The highest BCUT2D eigenvalue weighted by Crippen LogP contribution is 2.36. The van der Waals surface area contributed by atoms with Crippen molar-refractivity contribution in [3.05, 3.63) is 58.9 Å². The van der Waals surface area contributed by atoms with Crippen LogP contribution >= 0.6 is 11.6 Å². The van der Waals surface area contributed by atoms with E-state index in [0.717, 1.165) is 6.07 Å². The average Bonchev–Trinajstić information content (AvgIpc) is 3.33. The third-order valence-corrected chi connectivity index (χ3v) is 3.73. The number of alkyl halides is 3. The van der Waals surface area contributed by atoms with Crippen LogP contribution in [0.25, 0.3) is 11.5 Å². The summed E-state index contributed by atoms with van der Waals surface area (Å²) in [6.45, 7) is 0. The quantitative estimate of drug-likeness (QED) is 0.370. The predicted octanol–water partition coefficient (Wildman–Crippen LogP) is 4.78.